The lowest BCUT2D eigenvalue weighted by atomic mass is 9.40. The van der Waals surface area contributed by atoms with Crippen molar-refractivity contribution in [2.45, 2.75) is 79.2 Å². The van der Waals surface area contributed by atoms with Crippen LogP contribution < -0.4 is 0 Å². The van der Waals surface area contributed by atoms with Crippen molar-refractivity contribution in [1.82, 2.24) is 4.90 Å². The van der Waals surface area contributed by atoms with E-state index in [-0.39, 0.29) is 18.6 Å². The van der Waals surface area contributed by atoms with E-state index in [2.05, 4.69) is 0 Å². The van der Waals surface area contributed by atoms with E-state index in [0.29, 0.717) is 6.54 Å². The fourth-order valence-electron chi connectivity index (χ4n) is 12.2. The van der Waals surface area contributed by atoms with E-state index in [1.54, 1.807) is 37.4 Å². The average molecular weight is 648 g/mol. The van der Waals surface area contributed by atoms with Crippen molar-refractivity contribution >= 4 is 11.9 Å². The quantitative estimate of drug-likeness (QED) is 0.263. The summed E-state index contributed by atoms with van der Waals surface area (Å²) < 4.78 is 36.7. The van der Waals surface area contributed by atoms with Gasteiger partial charge in [-0.25, -0.2) is 4.79 Å². The number of rotatable bonds is 8. The molecule has 1 aromatic rings. The zero-order chi connectivity index (χ0) is 33.2. The van der Waals surface area contributed by atoms with Crippen molar-refractivity contribution in [3.63, 3.8) is 0 Å². The third-order valence-corrected chi connectivity index (χ3v) is 12.9. The highest BCUT2D eigenvalue weighted by Crippen LogP contribution is 2.81. The zero-order valence-corrected chi connectivity index (χ0v) is 27.0. The fraction of sp³-hybridized carbons (Fsp3) is 0.758. The molecule has 46 heavy (non-hydrogen) atoms. The minimum absolute atomic E-state index is 0.113. The lowest BCUT2D eigenvalue weighted by Gasteiger charge is -2.72. The number of aliphatic hydroxyl groups is 4. The van der Waals surface area contributed by atoms with Crippen LogP contribution >= 0.6 is 0 Å². The number of hydrogen-bond acceptors (Lipinski definition) is 13. The molecule has 254 valence electrons. The lowest BCUT2D eigenvalue weighted by molar-refractivity contribution is -0.353. The number of likely N-dealkylation sites (tertiary alicyclic amines) is 1. The number of benzene rings is 1. The Morgan fingerprint density at radius 1 is 0.978 bits per heavy atom. The Labute approximate surface area is 267 Å². The number of fused-ring (bicyclic) bond motifs is 2. The monoisotopic (exact) mass is 647 g/mol. The van der Waals surface area contributed by atoms with E-state index in [9.17, 15) is 30.0 Å². The molecule has 7 bridgehead atoms. The van der Waals surface area contributed by atoms with Gasteiger partial charge in [-0.1, -0.05) is 18.2 Å². The van der Waals surface area contributed by atoms with Crippen LogP contribution in [-0.2, 0) is 33.2 Å². The maximum atomic E-state index is 13.7. The largest absolute Gasteiger partial charge is 0.455 e. The Morgan fingerprint density at radius 3 is 2.26 bits per heavy atom. The van der Waals surface area contributed by atoms with Gasteiger partial charge in [0.25, 0.3) is 0 Å². The number of aliphatic hydroxyl groups excluding tert-OH is 2. The third-order valence-electron chi connectivity index (χ3n) is 12.9. The van der Waals surface area contributed by atoms with Crippen molar-refractivity contribution < 1.29 is 58.4 Å². The molecule has 7 rings (SSSR count). The number of piperidine rings is 1. The summed E-state index contributed by atoms with van der Waals surface area (Å²) in [5, 5.41) is 50.8. The summed E-state index contributed by atoms with van der Waals surface area (Å²) in [6, 6.07) is 7.61. The molecule has 0 amide bonds. The molecule has 0 radical (unpaired) electrons. The Hall–Kier alpha value is -2.20. The second-order valence-corrected chi connectivity index (χ2v) is 14.4. The summed E-state index contributed by atoms with van der Waals surface area (Å²) in [5.74, 6) is -4.35. The topological polar surface area (TPSA) is 174 Å². The molecule has 15 atom stereocenters. The maximum absolute atomic E-state index is 13.7. The molecule has 0 aromatic heterocycles. The summed E-state index contributed by atoms with van der Waals surface area (Å²) in [4.78, 5) is 28.9. The van der Waals surface area contributed by atoms with Crippen LogP contribution in [0.2, 0.25) is 0 Å². The van der Waals surface area contributed by atoms with E-state index < -0.39 is 106 Å². The number of hydrogen-bond donors (Lipinski definition) is 4. The average Bonchev–Trinajstić information content (AvgIpc) is 3.38. The molecule has 3 unspecified atom stereocenters. The second-order valence-electron chi connectivity index (χ2n) is 14.4. The Morgan fingerprint density at radius 2 is 1.67 bits per heavy atom. The van der Waals surface area contributed by atoms with Crippen molar-refractivity contribution in [2.24, 2.45) is 28.6 Å². The number of esters is 2. The van der Waals surface area contributed by atoms with E-state index in [0.717, 1.165) is 0 Å². The van der Waals surface area contributed by atoms with Gasteiger partial charge in [-0.05, 0) is 19.2 Å². The summed E-state index contributed by atoms with van der Waals surface area (Å²) in [7, 11) is 7.77. The van der Waals surface area contributed by atoms with Crippen molar-refractivity contribution in [2.75, 3.05) is 48.6 Å². The first-order chi connectivity index (χ1) is 21.8. The van der Waals surface area contributed by atoms with E-state index in [1.807, 2.05) is 11.9 Å². The molecule has 1 aliphatic heterocycles. The number of nitrogens with zero attached hydrogens (tertiary/aromatic N) is 1. The molecule has 4 N–H and O–H groups in total. The van der Waals surface area contributed by atoms with Gasteiger partial charge in [0.05, 0.1) is 42.0 Å². The number of carbonyl (C=O) groups excluding carboxylic acids is 2. The Kier molecular flexibility index (Phi) is 7.31. The van der Waals surface area contributed by atoms with E-state index in [1.165, 1.54) is 28.3 Å². The van der Waals surface area contributed by atoms with Gasteiger partial charge in [-0.15, -0.1) is 0 Å². The van der Waals surface area contributed by atoms with Gasteiger partial charge >= 0.3 is 11.9 Å². The smallest absolute Gasteiger partial charge is 0.338 e. The van der Waals surface area contributed by atoms with Crippen LogP contribution in [0.3, 0.4) is 0 Å². The van der Waals surface area contributed by atoms with Gasteiger partial charge in [0.1, 0.15) is 23.9 Å². The van der Waals surface area contributed by atoms with Crippen LogP contribution in [0.15, 0.2) is 30.3 Å². The molecule has 13 nitrogen and oxygen atoms in total. The molecule has 1 saturated heterocycles. The Bertz CT molecular complexity index is 1400. The SMILES string of the molecule is COC[C@@]12CN(C)[C@H]3C4[C@@H](OC)C1[C@]3([C@@H](OC)C[C@@H]2O)[C@@]1(O)C[C@@]2(O)[C@H](OC)[C@@H](O)[C@]4(OC(C)=O)C1[C@@H]2OC(=O)c1ccccc1. The van der Waals surface area contributed by atoms with Crippen LogP contribution in [0.25, 0.3) is 0 Å². The molecular formula is C33H45NO12. The highest BCUT2D eigenvalue weighted by atomic mass is 16.6. The molecule has 1 spiro atoms. The third kappa shape index (κ3) is 3.41. The van der Waals surface area contributed by atoms with Crippen molar-refractivity contribution in [3.05, 3.63) is 35.9 Å². The fourth-order valence-corrected chi connectivity index (χ4v) is 12.2. The van der Waals surface area contributed by atoms with E-state index in [4.69, 9.17) is 28.4 Å². The number of carbonyl (C=O) groups is 2. The number of ether oxygens (including phenoxy) is 6. The van der Waals surface area contributed by atoms with Gasteiger partial charge in [0, 0.05) is 83.5 Å². The minimum Gasteiger partial charge on any atom is -0.455 e. The predicted octanol–water partition coefficient (Wildman–Crippen LogP) is -0.627. The first kappa shape index (κ1) is 32.4. The predicted molar refractivity (Wildman–Crippen MR) is 157 cm³/mol. The minimum atomic E-state index is -2.12. The van der Waals surface area contributed by atoms with Gasteiger partial charge in [-0.2, -0.15) is 0 Å². The van der Waals surface area contributed by atoms with Gasteiger partial charge in [0.2, 0.25) is 0 Å². The van der Waals surface area contributed by atoms with Crippen LogP contribution in [0.4, 0.5) is 0 Å². The first-order valence-corrected chi connectivity index (χ1v) is 15.9. The van der Waals surface area contributed by atoms with Crippen LogP contribution in [0.1, 0.15) is 30.1 Å². The second kappa shape index (κ2) is 10.4. The highest BCUT2D eigenvalue weighted by molar-refractivity contribution is 5.89. The van der Waals surface area contributed by atoms with Crippen molar-refractivity contribution in [1.29, 1.82) is 0 Å². The zero-order valence-electron chi connectivity index (χ0n) is 27.0. The lowest BCUT2D eigenvalue weighted by Crippen LogP contribution is -2.85. The maximum Gasteiger partial charge on any atom is 0.338 e. The van der Waals surface area contributed by atoms with Crippen LogP contribution in [-0.4, -0.2) is 145 Å². The summed E-state index contributed by atoms with van der Waals surface area (Å²) in [6.07, 6.45) is -7.39. The van der Waals surface area contributed by atoms with Crippen molar-refractivity contribution in [3.8, 4) is 0 Å². The molecule has 6 fully saturated rings. The molecule has 6 aliphatic rings. The first-order valence-electron chi connectivity index (χ1n) is 15.9. The van der Waals surface area contributed by atoms with Gasteiger partial charge in [0.15, 0.2) is 5.60 Å². The van der Waals surface area contributed by atoms with Crippen LogP contribution in [0.5, 0.6) is 0 Å². The Balaban J connectivity index is 1.56. The standard InChI is InChI=1S/C33H45NO12/c1-16(35)46-33-20-21(43-5)22-29(15-41-3)14-34(2)24(20)32(22,19(42-4)12-18(29)36)31(40)13-30(39,27(44-6)25(33)37)26(23(31)33)45-28(38)17-10-8-7-9-11-17/h7-11,18-27,36-37,39-40H,12-15H2,1-6H3/t18-,19-,20?,21+,22?,23?,24-,25+,26-,27+,29+,30-,31+,32-,33+/m0/s1. The molecule has 13 heteroatoms. The highest BCUT2D eigenvalue weighted by Gasteiger charge is 2.96. The number of methoxy groups -OCH3 is 4. The molecule has 1 heterocycles. The summed E-state index contributed by atoms with van der Waals surface area (Å²) in [5.41, 5.74) is -8.16. The van der Waals surface area contributed by atoms with Gasteiger partial charge < -0.3 is 53.7 Å². The summed E-state index contributed by atoms with van der Waals surface area (Å²) in [6.45, 7) is 1.68. The molecule has 5 aliphatic carbocycles. The van der Waals surface area contributed by atoms with E-state index >= 15 is 0 Å². The molecular weight excluding hydrogens is 602 g/mol. The normalized spacial score (nSPS) is 51.5. The summed E-state index contributed by atoms with van der Waals surface area (Å²) >= 11 is 0. The van der Waals surface area contributed by atoms with Crippen LogP contribution in [0, 0.1) is 28.6 Å². The van der Waals surface area contributed by atoms with Gasteiger partial charge in [-0.3, -0.25) is 4.79 Å². The molecule has 5 saturated carbocycles. The molecule has 1 aromatic carbocycles.